The van der Waals surface area contributed by atoms with Crippen molar-refractivity contribution in [3.63, 3.8) is 0 Å². The Labute approximate surface area is 164 Å². The summed E-state index contributed by atoms with van der Waals surface area (Å²) in [5, 5.41) is 6.46. The fourth-order valence-corrected chi connectivity index (χ4v) is 2.29. The second kappa shape index (κ2) is 11.4. The Morgan fingerprint density at radius 1 is 1.07 bits per heavy atom. The Morgan fingerprint density at radius 3 is 2.57 bits per heavy atom. The van der Waals surface area contributed by atoms with Gasteiger partial charge >= 0.3 is 0 Å². The number of amides is 2. The molecule has 7 heteroatoms. The molecule has 2 N–H and O–H groups in total. The molecule has 2 aromatic carbocycles. The van der Waals surface area contributed by atoms with Crippen LogP contribution in [0.25, 0.3) is 0 Å². The predicted molar refractivity (Wildman–Crippen MR) is 108 cm³/mol. The van der Waals surface area contributed by atoms with Crippen LogP contribution in [-0.2, 0) is 16.0 Å². The maximum Gasteiger partial charge on any atom is 0.259 e. The maximum absolute atomic E-state index is 11.9. The van der Waals surface area contributed by atoms with Crippen molar-refractivity contribution in [2.75, 3.05) is 20.3 Å². The third-order valence-electron chi connectivity index (χ3n) is 3.70. The first-order valence-electron chi connectivity index (χ1n) is 9.05. The average Bonchev–Trinajstić information content (AvgIpc) is 2.71. The van der Waals surface area contributed by atoms with Crippen LogP contribution in [0, 0.1) is 0 Å². The summed E-state index contributed by atoms with van der Waals surface area (Å²) in [6.45, 7) is 2.54. The second-order valence-electron chi connectivity index (χ2n) is 6.02. The van der Waals surface area contributed by atoms with Crippen molar-refractivity contribution in [2.45, 2.75) is 19.8 Å². The number of carbonyl (C=O) groups is 2. The van der Waals surface area contributed by atoms with Crippen LogP contribution in [0.2, 0.25) is 0 Å². The minimum absolute atomic E-state index is 0.147. The van der Waals surface area contributed by atoms with Gasteiger partial charge in [-0.2, -0.15) is 5.10 Å². The monoisotopic (exact) mass is 383 g/mol. The van der Waals surface area contributed by atoms with E-state index in [4.69, 9.17) is 9.47 Å². The number of nitrogens with zero attached hydrogens (tertiary/aromatic N) is 1. The van der Waals surface area contributed by atoms with Crippen LogP contribution in [0.15, 0.2) is 53.6 Å². The van der Waals surface area contributed by atoms with E-state index in [1.54, 1.807) is 31.4 Å². The van der Waals surface area contributed by atoms with Gasteiger partial charge in [-0.25, -0.2) is 5.43 Å². The van der Waals surface area contributed by atoms with Crippen molar-refractivity contribution in [1.82, 2.24) is 10.7 Å². The lowest BCUT2D eigenvalue weighted by Crippen LogP contribution is -2.35. The number of hydrogen-bond acceptors (Lipinski definition) is 5. The maximum atomic E-state index is 11.9. The first-order valence-corrected chi connectivity index (χ1v) is 9.05. The molecule has 0 unspecified atom stereocenters. The Hall–Kier alpha value is -3.35. The number of carbonyl (C=O) groups excluding carboxylic acids is 2. The van der Waals surface area contributed by atoms with Gasteiger partial charge in [0.05, 0.1) is 32.9 Å². The summed E-state index contributed by atoms with van der Waals surface area (Å²) in [5.41, 5.74) is 4.02. The summed E-state index contributed by atoms with van der Waals surface area (Å²) in [4.78, 5) is 23.7. The van der Waals surface area contributed by atoms with E-state index in [-0.39, 0.29) is 18.9 Å². The van der Waals surface area contributed by atoms with Crippen LogP contribution in [0.1, 0.15) is 24.5 Å². The lowest BCUT2D eigenvalue weighted by atomic mass is 10.1. The van der Waals surface area contributed by atoms with Crippen molar-refractivity contribution in [2.24, 2.45) is 5.10 Å². The molecule has 0 bridgehead atoms. The van der Waals surface area contributed by atoms with E-state index in [9.17, 15) is 9.59 Å². The highest BCUT2D eigenvalue weighted by atomic mass is 16.5. The van der Waals surface area contributed by atoms with Gasteiger partial charge in [0.25, 0.3) is 5.91 Å². The first kappa shape index (κ1) is 21.0. The zero-order chi connectivity index (χ0) is 20.2. The van der Waals surface area contributed by atoms with Crippen LogP contribution in [-0.4, -0.2) is 38.3 Å². The van der Waals surface area contributed by atoms with Gasteiger partial charge in [0.15, 0.2) is 0 Å². The fourth-order valence-electron chi connectivity index (χ4n) is 2.29. The Balaban J connectivity index is 1.73. The topological polar surface area (TPSA) is 89.0 Å². The summed E-state index contributed by atoms with van der Waals surface area (Å²) >= 11 is 0. The zero-order valence-corrected chi connectivity index (χ0v) is 16.1. The average molecular weight is 383 g/mol. The highest BCUT2D eigenvalue weighted by Gasteiger charge is 2.06. The van der Waals surface area contributed by atoms with Crippen LogP contribution >= 0.6 is 0 Å². The molecule has 2 amide bonds. The van der Waals surface area contributed by atoms with Gasteiger partial charge in [-0.15, -0.1) is 0 Å². The van der Waals surface area contributed by atoms with Crippen LogP contribution in [0.4, 0.5) is 0 Å². The largest absolute Gasteiger partial charge is 0.497 e. The summed E-state index contributed by atoms with van der Waals surface area (Å²) < 4.78 is 10.6. The van der Waals surface area contributed by atoms with E-state index >= 15 is 0 Å². The molecule has 0 fully saturated rings. The second-order valence-corrected chi connectivity index (χ2v) is 6.02. The zero-order valence-electron chi connectivity index (χ0n) is 16.1. The molecule has 2 aromatic rings. The molecule has 2 rings (SSSR count). The van der Waals surface area contributed by atoms with Gasteiger partial charge < -0.3 is 14.8 Å². The molecular weight excluding hydrogens is 358 g/mol. The van der Waals surface area contributed by atoms with Gasteiger partial charge in [0, 0.05) is 0 Å². The van der Waals surface area contributed by atoms with Crippen molar-refractivity contribution < 1.29 is 19.1 Å². The number of nitrogens with one attached hydrogen (secondary N) is 2. The molecule has 0 atom stereocenters. The summed E-state index contributed by atoms with van der Waals surface area (Å²) in [7, 11) is 1.58. The number of hydrazone groups is 1. The molecule has 0 saturated heterocycles. The molecule has 7 nitrogen and oxygen atoms in total. The normalized spacial score (nSPS) is 10.5. The van der Waals surface area contributed by atoms with Crippen molar-refractivity contribution in [1.29, 1.82) is 0 Å². The van der Waals surface area contributed by atoms with E-state index in [0.29, 0.717) is 6.61 Å². The van der Waals surface area contributed by atoms with Gasteiger partial charge in [-0.1, -0.05) is 31.2 Å². The van der Waals surface area contributed by atoms with Gasteiger partial charge in [0.2, 0.25) is 5.91 Å². The Bertz CT molecular complexity index is 804. The van der Waals surface area contributed by atoms with Crippen LogP contribution in [0.3, 0.4) is 0 Å². The molecule has 0 aliphatic heterocycles. The lowest BCUT2D eigenvalue weighted by molar-refractivity contribution is -0.125. The standard InChI is InChI=1S/C21H25N3O4/c1-3-11-28-19-6-4-5-17(12-19)14-23-24-21(26)15-22-20(25)13-16-7-9-18(27-2)10-8-16/h4-10,12,14H,3,11,13,15H2,1-2H3,(H,22,25)(H,24,26)/b23-14-. The number of ether oxygens (including phenoxy) is 2. The number of rotatable bonds is 10. The third-order valence-corrected chi connectivity index (χ3v) is 3.70. The quantitative estimate of drug-likeness (QED) is 0.487. The molecule has 0 radical (unpaired) electrons. The van der Waals surface area contributed by atoms with Crippen LogP contribution in [0.5, 0.6) is 11.5 Å². The smallest absolute Gasteiger partial charge is 0.259 e. The van der Waals surface area contributed by atoms with Crippen LogP contribution < -0.4 is 20.2 Å². The van der Waals surface area contributed by atoms with E-state index < -0.39 is 5.91 Å². The Kier molecular flexibility index (Phi) is 8.52. The Morgan fingerprint density at radius 2 is 1.86 bits per heavy atom. The lowest BCUT2D eigenvalue weighted by Gasteiger charge is -2.06. The molecule has 0 saturated carbocycles. The SMILES string of the molecule is CCCOc1cccc(/C=N\NC(=O)CNC(=O)Cc2ccc(OC)cc2)c1. The highest BCUT2D eigenvalue weighted by molar-refractivity contribution is 5.87. The van der Waals surface area contributed by atoms with Gasteiger partial charge in [-0.3, -0.25) is 9.59 Å². The summed E-state index contributed by atoms with van der Waals surface area (Å²) in [6.07, 6.45) is 2.64. The van der Waals surface area contributed by atoms with E-state index in [1.807, 2.05) is 31.2 Å². The molecule has 0 heterocycles. The van der Waals surface area contributed by atoms with Gasteiger partial charge in [0.1, 0.15) is 11.5 Å². The first-order chi connectivity index (χ1) is 13.6. The number of benzene rings is 2. The van der Waals surface area contributed by atoms with E-state index in [2.05, 4.69) is 15.8 Å². The molecule has 28 heavy (non-hydrogen) atoms. The predicted octanol–water partition coefficient (Wildman–Crippen LogP) is 2.29. The van der Waals surface area contributed by atoms with E-state index in [1.165, 1.54) is 6.21 Å². The van der Waals surface area contributed by atoms with E-state index in [0.717, 1.165) is 29.0 Å². The minimum Gasteiger partial charge on any atom is -0.497 e. The third kappa shape index (κ3) is 7.49. The highest BCUT2D eigenvalue weighted by Crippen LogP contribution is 2.12. The fraction of sp³-hybridized carbons (Fsp3) is 0.286. The van der Waals surface area contributed by atoms with Crippen molar-refractivity contribution in [3.8, 4) is 11.5 Å². The number of hydrogen-bond donors (Lipinski definition) is 2. The molecule has 0 aliphatic carbocycles. The number of methoxy groups -OCH3 is 1. The molecule has 0 spiro atoms. The van der Waals surface area contributed by atoms with Gasteiger partial charge in [-0.05, 0) is 41.8 Å². The molecule has 148 valence electrons. The summed E-state index contributed by atoms with van der Waals surface area (Å²) in [5.74, 6) is 0.828. The minimum atomic E-state index is -0.405. The molecular formula is C21H25N3O4. The van der Waals surface area contributed by atoms with Crippen molar-refractivity contribution in [3.05, 3.63) is 59.7 Å². The molecule has 0 aromatic heterocycles. The van der Waals surface area contributed by atoms with Crippen molar-refractivity contribution >= 4 is 18.0 Å². The summed E-state index contributed by atoms with van der Waals surface area (Å²) in [6, 6.07) is 14.6. The molecule has 0 aliphatic rings.